The molecule has 10 N–H and O–H groups in total. The number of unbranched alkanes of at least 4 members (excludes halogenated alkanes) is 7. The van der Waals surface area contributed by atoms with Crippen molar-refractivity contribution in [3.63, 3.8) is 0 Å². The van der Waals surface area contributed by atoms with Crippen LogP contribution in [-0.2, 0) is 46.5 Å². The van der Waals surface area contributed by atoms with Gasteiger partial charge >= 0.3 is 27.6 Å². The summed E-state index contributed by atoms with van der Waals surface area (Å²) in [5.41, 5.74) is 0. The van der Waals surface area contributed by atoms with E-state index in [1.54, 1.807) is 6.08 Å². The molecule has 398 valence electrons. The predicted molar refractivity (Wildman–Crippen MR) is 254 cm³/mol. The summed E-state index contributed by atoms with van der Waals surface area (Å²) < 4.78 is 57.6. The van der Waals surface area contributed by atoms with Crippen LogP contribution in [-0.4, -0.2) is 143 Å². The number of phosphoric acid groups is 2. The molecule has 22 heteroatoms. The number of esters is 2. The minimum absolute atomic E-state index is 0.00252. The Kier molecular flexibility index (Phi) is 31.6. The zero-order valence-corrected chi connectivity index (χ0v) is 41.8. The Hall–Kier alpha value is -2.46. The summed E-state index contributed by atoms with van der Waals surface area (Å²) in [6, 6.07) is 0. The third-order valence-electron chi connectivity index (χ3n) is 11.4. The highest BCUT2D eigenvalue weighted by atomic mass is 31.2. The van der Waals surface area contributed by atoms with Crippen molar-refractivity contribution in [2.75, 3.05) is 13.2 Å². The van der Waals surface area contributed by atoms with E-state index in [-0.39, 0.29) is 38.5 Å². The molecular weight excluding hydrogens is 946 g/mol. The fraction of sp³-hybridized carbons (Fsp3) is 0.745. The summed E-state index contributed by atoms with van der Waals surface area (Å²) in [6.45, 7) is 2.46. The normalized spacial score (nSPS) is 31.9. The Morgan fingerprint density at radius 3 is 2.16 bits per heavy atom. The van der Waals surface area contributed by atoms with Crippen molar-refractivity contribution in [3.05, 3.63) is 60.8 Å². The van der Waals surface area contributed by atoms with Crippen LogP contribution in [0.1, 0.15) is 136 Å². The predicted octanol–water partition coefficient (Wildman–Crippen LogP) is 5.17. The van der Waals surface area contributed by atoms with Gasteiger partial charge < -0.3 is 64.6 Å². The van der Waals surface area contributed by atoms with Crippen LogP contribution in [0.5, 0.6) is 0 Å². The maximum atomic E-state index is 13.7. The fourth-order valence-corrected chi connectivity index (χ4v) is 9.02. The van der Waals surface area contributed by atoms with E-state index in [4.69, 9.17) is 27.8 Å². The summed E-state index contributed by atoms with van der Waals surface area (Å²) in [4.78, 5) is 56.7. The average molecular weight is 1030 g/mol. The molecule has 0 spiro atoms. The molecule has 2 heterocycles. The van der Waals surface area contributed by atoms with Crippen molar-refractivity contribution in [2.45, 2.75) is 203 Å². The molecule has 2 bridgehead atoms. The van der Waals surface area contributed by atoms with Gasteiger partial charge in [-0.15, -0.1) is 0 Å². The molecule has 1 fully saturated rings. The second-order valence-corrected chi connectivity index (χ2v) is 19.9. The lowest BCUT2D eigenvalue weighted by Crippen LogP contribution is -2.58. The van der Waals surface area contributed by atoms with Crippen molar-refractivity contribution in [1.29, 1.82) is 0 Å². The second kappa shape index (κ2) is 34.8. The molecule has 0 aliphatic carbocycles. The first-order valence-corrected chi connectivity index (χ1v) is 27.3. The molecular formula is C47H80O20P2. The number of ether oxygens (including phenoxy) is 3. The molecule has 2 aliphatic rings. The van der Waals surface area contributed by atoms with E-state index in [9.17, 15) is 69.1 Å². The van der Waals surface area contributed by atoms with E-state index < -0.39 is 120 Å². The molecule has 13 atom stereocenters. The number of aliphatic hydroxyl groups is 7. The highest BCUT2D eigenvalue weighted by Crippen LogP contribution is 2.49. The van der Waals surface area contributed by atoms with Crippen molar-refractivity contribution >= 4 is 27.6 Å². The van der Waals surface area contributed by atoms with E-state index >= 15 is 0 Å². The molecule has 0 aromatic heterocycles. The van der Waals surface area contributed by atoms with Crippen molar-refractivity contribution in [1.82, 2.24) is 0 Å². The molecule has 2 rings (SSSR count). The van der Waals surface area contributed by atoms with Gasteiger partial charge in [-0.25, -0.2) is 9.13 Å². The number of carbonyl (C=O) groups is 2. The summed E-state index contributed by atoms with van der Waals surface area (Å²) in [7, 11) is -11.5. The second-order valence-electron chi connectivity index (χ2n) is 17.3. The van der Waals surface area contributed by atoms with Gasteiger partial charge in [0.15, 0.2) is 12.4 Å². The molecule has 0 aromatic carbocycles. The van der Waals surface area contributed by atoms with E-state index in [1.807, 2.05) is 19.1 Å². The van der Waals surface area contributed by atoms with Gasteiger partial charge in [0.2, 0.25) is 0 Å². The first kappa shape index (κ1) is 62.7. The number of cyclic esters (lactones) is 1. The van der Waals surface area contributed by atoms with Gasteiger partial charge in [-0.05, 0) is 70.6 Å². The largest absolute Gasteiger partial charge is 0.472 e. The van der Waals surface area contributed by atoms with Crippen LogP contribution in [0.15, 0.2) is 60.8 Å². The Bertz CT molecular complexity index is 1680. The van der Waals surface area contributed by atoms with Crippen molar-refractivity contribution in [3.8, 4) is 0 Å². The number of phosphoric ester groups is 2. The molecule has 1 saturated heterocycles. The fourth-order valence-electron chi connectivity index (χ4n) is 7.49. The number of hydrogen-bond acceptors (Lipinski definition) is 17. The van der Waals surface area contributed by atoms with Crippen LogP contribution in [0.4, 0.5) is 0 Å². The van der Waals surface area contributed by atoms with Gasteiger partial charge in [-0.1, -0.05) is 107 Å². The standard InChI is InChI=1S/C47H80O20P2/c1-3-5-7-8-9-10-11-12-13-14-15-16-17-18-23-27-39(50)62-32-35-33-63-69(60,61)67-47-45(56)44(55)42(53)36(26-22-19-20-24-28-40(51)64-35)37(49)31-41(52)65-38(30-29-34(48)25-21-6-4-2)43(54)46(47)66-68(57,58)59/h9-10,12-13,15-16,19,22,29-30,34-38,41-49,52-56H,3-8,11,14,17-18,20-21,23-28,31-33H2,1-2H3,(H,60,61)(H2,57,58,59)/b10-9-,13-12-,16-15-,22-19-,30-29?/t34-,35+,36-,37-,38+,41?,42+,43+,44-,45+,46+,47-/m0/s1. The zero-order chi connectivity index (χ0) is 51.2. The minimum Gasteiger partial charge on any atom is -0.462 e. The first-order valence-electron chi connectivity index (χ1n) is 24.2. The Balaban J connectivity index is 2.35. The molecule has 0 amide bonds. The number of rotatable bonds is 23. The van der Waals surface area contributed by atoms with Gasteiger partial charge in [0, 0.05) is 25.2 Å². The third-order valence-corrected chi connectivity index (χ3v) is 12.9. The monoisotopic (exact) mass is 1030 g/mol. The summed E-state index contributed by atoms with van der Waals surface area (Å²) >= 11 is 0. The van der Waals surface area contributed by atoms with E-state index in [0.29, 0.717) is 25.7 Å². The topological polar surface area (TPSA) is 326 Å². The average Bonchev–Trinajstić information content (AvgIpc) is 3.29. The van der Waals surface area contributed by atoms with Crippen LogP contribution in [0.2, 0.25) is 0 Å². The van der Waals surface area contributed by atoms with Gasteiger partial charge in [0.1, 0.15) is 43.2 Å². The Morgan fingerprint density at radius 2 is 1.51 bits per heavy atom. The lowest BCUT2D eigenvalue weighted by molar-refractivity contribution is -0.210. The van der Waals surface area contributed by atoms with E-state index in [0.717, 1.165) is 44.3 Å². The smallest absolute Gasteiger partial charge is 0.462 e. The summed E-state index contributed by atoms with van der Waals surface area (Å²) in [5, 5.41) is 78.9. The minimum atomic E-state index is -5.80. The molecule has 0 aromatic rings. The summed E-state index contributed by atoms with van der Waals surface area (Å²) in [6.07, 6.45) is 4.26. The SMILES string of the molecule is CCCCC/C=C\C/C=C\C/C=C\CCCCC(=O)OC[C@@H]1COP(=O)(O)O[C@H]2[C@H](O)[C@@H](O)[C@H](O)[C@@H](C/C=C\CCCC(=O)O1)[C@@H](O)CC(O)O[C@H](C=C[C@@H](O)CCCCC)[C@@H](O)[C@H]2OP(=O)(O)O. The summed E-state index contributed by atoms with van der Waals surface area (Å²) in [5.74, 6) is -2.91. The first-order chi connectivity index (χ1) is 32.8. The van der Waals surface area contributed by atoms with Crippen molar-refractivity contribution in [2.24, 2.45) is 5.92 Å². The van der Waals surface area contributed by atoms with Gasteiger partial charge in [-0.2, -0.15) is 0 Å². The molecule has 20 nitrogen and oxygen atoms in total. The third kappa shape index (κ3) is 27.3. The van der Waals surface area contributed by atoms with Crippen LogP contribution < -0.4 is 0 Å². The highest BCUT2D eigenvalue weighted by Gasteiger charge is 2.50. The zero-order valence-electron chi connectivity index (χ0n) is 40.0. The van der Waals surface area contributed by atoms with E-state index in [2.05, 4.69) is 31.2 Å². The number of allylic oxidation sites excluding steroid dienone is 8. The molecule has 2 unspecified atom stereocenters. The maximum absolute atomic E-state index is 13.7. The van der Waals surface area contributed by atoms with Crippen LogP contribution >= 0.6 is 15.6 Å². The van der Waals surface area contributed by atoms with Crippen LogP contribution in [0.3, 0.4) is 0 Å². The maximum Gasteiger partial charge on any atom is 0.472 e. The van der Waals surface area contributed by atoms with Gasteiger partial charge in [0.25, 0.3) is 0 Å². The number of aliphatic hydroxyl groups excluding tert-OH is 7. The lowest BCUT2D eigenvalue weighted by atomic mass is 9.83. The number of hydrogen-bond donors (Lipinski definition) is 10. The lowest BCUT2D eigenvalue weighted by Gasteiger charge is -2.41. The molecule has 69 heavy (non-hydrogen) atoms. The Morgan fingerprint density at radius 1 is 0.870 bits per heavy atom. The molecule has 0 saturated carbocycles. The van der Waals surface area contributed by atoms with Gasteiger partial charge in [-0.3, -0.25) is 23.2 Å². The molecule has 0 radical (unpaired) electrons. The number of carbonyl (C=O) groups excluding carboxylic acids is 2. The number of fused-ring (bicyclic) bond motifs is 4. The van der Waals surface area contributed by atoms with E-state index in [1.165, 1.54) is 25.3 Å². The highest BCUT2D eigenvalue weighted by molar-refractivity contribution is 7.47. The van der Waals surface area contributed by atoms with Crippen LogP contribution in [0.25, 0.3) is 0 Å². The molecule has 2 aliphatic heterocycles. The quantitative estimate of drug-likeness (QED) is 0.0273. The Labute approximate surface area is 406 Å². The van der Waals surface area contributed by atoms with Gasteiger partial charge in [0.05, 0.1) is 24.9 Å². The van der Waals surface area contributed by atoms with Crippen LogP contribution in [0, 0.1) is 5.92 Å². The van der Waals surface area contributed by atoms with Crippen molar-refractivity contribution < 1.29 is 96.9 Å².